The molecule has 0 aromatic carbocycles. The van der Waals surface area contributed by atoms with Gasteiger partial charge in [0, 0.05) is 13.1 Å². The highest BCUT2D eigenvalue weighted by molar-refractivity contribution is 9.09. The van der Waals surface area contributed by atoms with Crippen LogP contribution >= 0.6 is 15.9 Å². The fourth-order valence-electron chi connectivity index (χ4n) is 1.65. The standard InChI is InChI=1S/C12H20BrNO3/c1-12(2,3)11(16)17-14-6-4-9(5-7-14)10(13)8-15/h8-10H,4-7H2,1-3H3. The number of nitrogens with zero attached hydrogens (tertiary/aromatic N) is 1. The van der Waals surface area contributed by atoms with Gasteiger partial charge < -0.3 is 9.63 Å². The lowest BCUT2D eigenvalue weighted by molar-refractivity contribution is -0.206. The summed E-state index contributed by atoms with van der Waals surface area (Å²) in [5.41, 5.74) is -0.475. The molecule has 98 valence electrons. The maximum absolute atomic E-state index is 11.7. The van der Waals surface area contributed by atoms with Gasteiger partial charge in [-0.2, -0.15) is 0 Å². The third kappa shape index (κ3) is 4.39. The van der Waals surface area contributed by atoms with Crippen molar-refractivity contribution in [3.8, 4) is 0 Å². The van der Waals surface area contributed by atoms with Crippen molar-refractivity contribution in [2.24, 2.45) is 11.3 Å². The van der Waals surface area contributed by atoms with Crippen molar-refractivity contribution < 1.29 is 14.4 Å². The third-order valence-corrected chi connectivity index (χ3v) is 3.87. The molecule has 0 aromatic rings. The predicted molar refractivity (Wildman–Crippen MR) is 68.6 cm³/mol. The summed E-state index contributed by atoms with van der Waals surface area (Å²) in [6.07, 6.45) is 2.67. The van der Waals surface area contributed by atoms with Crippen molar-refractivity contribution in [3.05, 3.63) is 0 Å². The van der Waals surface area contributed by atoms with Crippen molar-refractivity contribution in [3.63, 3.8) is 0 Å². The van der Waals surface area contributed by atoms with E-state index in [0.717, 1.165) is 19.1 Å². The Morgan fingerprint density at radius 2 is 1.94 bits per heavy atom. The number of halogens is 1. The second-order valence-corrected chi connectivity index (χ2v) is 6.53. The number of alkyl halides is 1. The van der Waals surface area contributed by atoms with E-state index < -0.39 is 5.41 Å². The van der Waals surface area contributed by atoms with E-state index in [4.69, 9.17) is 4.84 Å². The van der Waals surface area contributed by atoms with Gasteiger partial charge in [-0.1, -0.05) is 15.9 Å². The van der Waals surface area contributed by atoms with Gasteiger partial charge >= 0.3 is 5.97 Å². The Hall–Kier alpha value is -0.420. The summed E-state index contributed by atoms with van der Waals surface area (Å²) in [5.74, 6) is 0.138. The summed E-state index contributed by atoms with van der Waals surface area (Å²) in [7, 11) is 0. The molecule has 0 spiro atoms. The second kappa shape index (κ2) is 5.96. The van der Waals surface area contributed by atoms with Crippen molar-refractivity contribution >= 4 is 28.2 Å². The molecule has 1 aliphatic heterocycles. The van der Waals surface area contributed by atoms with E-state index in [-0.39, 0.29) is 10.8 Å². The molecule has 5 heteroatoms. The van der Waals surface area contributed by atoms with Crippen LogP contribution in [0.5, 0.6) is 0 Å². The monoisotopic (exact) mass is 305 g/mol. The lowest BCUT2D eigenvalue weighted by Crippen LogP contribution is -2.40. The highest BCUT2D eigenvalue weighted by Gasteiger charge is 2.30. The van der Waals surface area contributed by atoms with Crippen LogP contribution in [0.15, 0.2) is 0 Å². The van der Waals surface area contributed by atoms with E-state index in [9.17, 15) is 9.59 Å². The molecule has 4 nitrogen and oxygen atoms in total. The first-order valence-corrected chi connectivity index (χ1v) is 6.83. The quantitative estimate of drug-likeness (QED) is 0.592. The molecular weight excluding hydrogens is 286 g/mol. The smallest absolute Gasteiger partial charge is 0.330 e. The fourth-order valence-corrected chi connectivity index (χ4v) is 2.18. The van der Waals surface area contributed by atoms with Crippen LogP contribution in [0.25, 0.3) is 0 Å². The zero-order valence-corrected chi connectivity index (χ0v) is 12.2. The molecule has 1 aliphatic rings. The summed E-state index contributed by atoms with van der Waals surface area (Å²) in [6.45, 7) is 6.90. The molecule has 1 unspecified atom stereocenters. The number of carbonyl (C=O) groups is 2. The first kappa shape index (κ1) is 14.6. The Morgan fingerprint density at radius 3 is 2.35 bits per heavy atom. The molecule has 0 radical (unpaired) electrons. The van der Waals surface area contributed by atoms with Gasteiger partial charge in [-0.3, -0.25) is 0 Å². The van der Waals surface area contributed by atoms with Crippen LogP contribution in [0.1, 0.15) is 33.6 Å². The molecule has 1 atom stereocenters. The summed E-state index contributed by atoms with van der Waals surface area (Å²) in [6, 6.07) is 0. The van der Waals surface area contributed by atoms with Gasteiger partial charge in [0.25, 0.3) is 0 Å². The van der Waals surface area contributed by atoms with E-state index in [1.165, 1.54) is 0 Å². The fraction of sp³-hybridized carbons (Fsp3) is 0.833. The first-order valence-electron chi connectivity index (χ1n) is 5.91. The molecule has 17 heavy (non-hydrogen) atoms. The maximum Gasteiger partial charge on any atom is 0.330 e. The van der Waals surface area contributed by atoms with Crippen LogP contribution in [0.3, 0.4) is 0 Å². The Bertz CT molecular complexity index is 280. The highest BCUT2D eigenvalue weighted by atomic mass is 79.9. The molecule has 1 heterocycles. The summed E-state index contributed by atoms with van der Waals surface area (Å²) in [5, 5.41) is 1.70. The molecular formula is C12H20BrNO3. The van der Waals surface area contributed by atoms with Crippen LogP contribution in [0.4, 0.5) is 0 Å². The minimum Gasteiger partial charge on any atom is -0.367 e. The molecule has 0 N–H and O–H groups in total. The van der Waals surface area contributed by atoms with Gasteiger partial charge in [-0.05, 0) is 39.5 Å². The Labute approximate surface area is 111 Å². The van der Waals surface area contributed by atoms with Gasteiger partial charge in [-0.25, -0.2) is 4.79 Å². The zero-order valence-electron chi connectivity index (χ0n) is 10.6. The van der Waals surface area contributed by atoms with Crippen LogP contribution in [-0.4, -0.2) is 35.2 Å². The number of carbonyl (C=O) groups excluding carboxylic acids is 2. The summed E-state index contributed by atoms with van der Waals surface area (Å²) >= 11 is 3.35. The van der Waals surface area contributed by atoms with Crippen LogP contribution in [-0.2, 0) is 14.4 Å². The van der Waals surface area contributed by atoms with E-state index in [1.54, 1.807) is 5.06 Å². The number of hydroxylamine groups is 2. The predicted octanol–water partition coefficient (Wildman–Crippen LogP) is 2.17. The molecule has 1 saturated heterocycles. The van der Waals surface area contributed by atoms with Crippen molar-refractivity contribution in [1.82, 2.24) is 5.06 Å². The topological polar surface area (TPSA) is 46.6 Å². The molecule has 0 bridgehead atoms. The van der Waals surface area contributed by atoms with Gasteiger partial charge in [0.2, 0.25) is 0 Å². The summed E-state index contributed by atoms with van der Waals surface area (Å²) < 4.78 is 0. The van der Waals surface area contributed by atoms with Crippen LogP contribution < -0.4 is 0 Å². The Balaban J connectivity index is 2.38. The van der Waals surface area contributed by atoms with E-state index in [1.807, 2.05) is 20.8 Å². The first-order chi connectivity index (χ1) is 7.84. The lowest BCUT2D eigenvalue weighted by Gasteiger charge is -2.32. The van der Waals surface area contributed by atoms with Gasteiger partial charge in [-0.15, -0.1) is 5.06 Å². The number of aldehydes is 1. The van der Waals surface area contributed by atoms with Crippen LogP contribution in [0.2, 0.25) is 0 Å². The maximum atomic E-state index is 11.7. The van der Waals surface area contributed by atoms with Gasteiger partial charge in [0.1, 0.15) is 6.29 Å². The zero-order chi connectivity index (χ0) is 13.1. The van der Waals surface area contributed by atoms with Crippen molar-refractivity contribution in [2.45, 2.75) is 38.4 Å². The average Bonchev–Trinajstić information content (AvgIpc) is 2.27. The second-order valence-electron chi connectivity index (χ2n) is 5.48. The minimum atomic E-state index is -0.475. The molecule has 1 rings (SSSR count). The normalized spacial score (nSPS) is 20.9. The number of hydrogen-bond donors (Lipinski definition) is 0. The number of hydrogen-bond acceptors (Lipinski definition) is 4. The SMILES string of the molecule is CC(C)(C)C(=O)ON1CCC(C(Br)C=O)CC1. The van der Waals surface area contributed by atoms with E-state index in [2.05, 4.69) is 15.9 Å². The average molecular weight is 306 g/mol. The van der Waals surface area contributed by atoms with Gasteiger partial charge in [0.15, 0.2) is 0 Å². The largest absolute Gasteiger partial charge is 0.367 e. The van der Waals surface area contributed by atoms with E-state index >= 15 is 0 Å². The minimum absolute atomic E-state index is 0.0806. The van der Waals surface area contributed by atoms with Crippen molar-refractivity contribution in [2.75, 3.05) is 13.1 Å². The number of rotatable bonds is 3. The Kier molecular flexibility index (Phi) is 5.13. The molecule has 0 aromatic heterocycles. The number of piperidine rings is 1. The van der Waals surface area contributed by atoms with E-state index in [0.29, 0.717) is 19.0 Å². The third-order valence-electron chi connectivity index (χ3n) is 2.90. The molecule has 0 saturated carbocycles. The highest BCUT2D eigenvalue weighted by Crippen LogP contribution is 2.25. The summed E-state index contributed by atoms with van der Waals surface area (Å²) in [4.78, 5) is 27.6. The molecule has 0 amide bonds. The van der Waals surface area contributed by atoms with Crippen LogP contribution in [0, 0.1) is 11.3 Å². The Morgan fingerprint density at radius 1 is 1.41 bits per heavy atom. The van der Waals surface area contributed by atoms with Crippen molar-refractivity contribution in [1.29, 1.82) is 0 Å². The molecule has 0 aliphatic carbocycles. The lowest BCUT2D eigenvalue weighted by atomic mass is 9.95. The van der Waals surface area contributed by atoms with Gasteiger partial charge in [0.05, 0.1) is 10.2 Å². The molecule has 1 fully saturated rings.